The molecule has 3 aromatic carbocycles. The van der Waals surface area contributed by atoms with Gasteiger partial charge in [0, 0.05) is 53.8 Å². The minimum absolute atomic E-state index is 1.11. The fourth-order valence-electron chi connectivity index (χ4n) is 4.98. The molecule has 3 heterocycles. The maximum atomic E-state index is 4.87. The number of benzene rings is 3. The predicted octanol–water partition coefficient (Wildman–Crippen LogP) is 7.75. The smallest absolute Gasteiger partial charge is 0.0822 e. The molecule has 0 amide bonds. The molecule has 0 saturated heterocycles. The molecule has 0 aliphatic carbocycles. The van der Waals surface area contributed by atoms with Gasteiger partial charge >= 0.3 is 0 Å². The molecule has 0 N–H and O–H groups in total. The molecule has 0 saturated carbocycles. The van der Waals surface area contributed by atoms with Crippen LogP contribution in [0.1, 0.15) is 16.7 Å². The van der Waals surface area contributed by atoms with Gasteiger partial charge in [-0.3, -0.25) is 4.98 Å². The number of pyridine rings is 2. The Bertz CT molecular complexity index is 1580. The van der Waals surface area contributed by atoms with E-state index < -0.39 is 0 Å². The minimum atomic E-state index is 1.11. The van der Waals surface area contributed by atoms with Crippen LogP contribution in [0, 0.1) is 20.8 Å². The van der Waals surface area contributed by atoms with E-state index >= 15 is 0 Å². The Labute approximate surface area is 178 Å². The van der Waals surface area contributed by atoms with Crippen LogP contribution in [0.4, 0.5) is 0 Å². The Morgan fingerprint density at radius 3 is 2.50 bits per heavy atom. The Morgan fingerprint density at radius 1 is 0.857 bits per heavy atom. The number of aromatic nitrogens is 2. The quantitative estimate of drug-likeness (QED) is 0.133. The fourth-order valence-corrected chi connectivity index (χ4v) is 6.48. The number of rotatable bonds is 1. The molecule has 0 fully saturated rings. The molecule has 0 aliphatic rings. The van der Waals surface area contributed by atoms with Crippen LogP contribution in [-0.2, 0) is 0 Å². The van der Waals surface area contributed by atoms with Crippen molar-refractivity contribution in [1.82, 2.24) is 9.38 Å². The molecular formula is C24H17IN2S. The SMILES string of the molecule is Cc1cc(C)c2c(c1)c1nccc3cc(SI)c4c5cccc(C)c5n2c4c31. The van der Waals surface area contributed by atoms with E-state index in [0.717, 1.165) is 5.52 Å². The van der Waals surface area contributed by atoms with E-state index in [2.05, 4.69) is 88.8 Å². The van der Waals surface area contributed by atoms with Crippen molar-refractivity contribution in [2.75, 3.05) is 0 Å². The molecule has 4 heteroatoms. The highest BCUT2D eigenvalue weighted by Crippen LogP contribution is 2.46. The highest BCUT2D eigenvalue weighted by molar-refractivity contribution is 14.2. The van der Waals surface area contributed by atoms with E-state index in [1.807, 2.05) is 6.20 Å². The number of aryl methyl sites for hydroxylation is 3. The zero-order chi connectivity index (χ0) is 19.2. The Hall–Kier alpha value is -2.05. The zero-order valence-electron chi connectivity index (χ0n) is 15.8. The number of nitrogens with zero attached hydrogens (tertiary/aromatic N) is 2. The number of fused-ring (bicyclic) bond motifs is 6. The number of hydrogen-bond acceptors (Lipinski definition) is 2. The van der Waals surface area contributed by atoms with Crippen molar-refractivity contribution in [2.45, 2.75) is 25.7 Å². The van der Waals surface area contributed by atoms with Gasteiger partial charge < -0.3 is 4.40 Å². The van der Waals surface area contributed by atoms with Crippen molar-refractivity contribution < 1.29 is 0 Å². The monoisotopic (exact) mass is 492 g/mol. The normalized spacial score (nSPS) is 12.4. The third-order valence-electron chi connectivity index (χ3n) is 5.95. The average Bonchev–Trinajstić information content (AvgIpc) is 3.03. The first-order valence-corrected chi connectivity index (χ1v) is 12.7. The van der Waals surface area contributed by atoms with E-state index in [4.69, 9.17) is 4.98 Å². The second-order valence-electron chi connectivity index (χ2n) is 7.72. The van der Waals surface area contributed by atoms with Crippen molar-refractivity contribution in [3.63, 3.8) is 0 Å². The minimum Gasteiger partial charge on any atom is -0.307 e. The topological polar surface area (TPSA) is 17.3 Å². The molecule has 6 rings (SSSR count). The molecule has 3 aromatic heterocycles. The summed E-state index contributed by atoms with van der Waals surface area (Å²) in [5.74, 6) is 0. The lowest BCUT2D eigenvalue weighted by Crippen LogP contribution is -1.97. The Kier molecular flexibility index (Phi) is 3.45. The van der Waals surface area contributed by atoms with E-state index in [0.29, 0.717) is 0 Å². The Morgan fingerprint density at radius 2 is 1.68 bits per heavy atom. The summed E-state index contributed by atoms with van der Waals surface area (Å²) in [4.78, 5) is 6.19. The summed E-state index contributed by atoms with van der Waals surface area (Å²) >= 11 is 2.41. The van der Waals surface area contributed by atoms with Crippen molar-refractivity contribution in [1.29, 1.82) is 0 Å². The molecular weight excluding hydrogens is 475 g/mol. The number of para-hydroxylation sites is 1. The standard InChI is InChI=1S/C24H17IN2S/c1-12-9-14(3)23-17(10-12)21-19-15(7-8-26-21)11-18(28-25)20-16-6-4-5-13(2)22(16)27(23)24(19)20/h4-11H,1-3H3. The van der Waals surface area contributed by atoms with Gasteiger partial charge in [0.05, 0.1) is 22.1 Å². The summed E-state index contributed by atoms with van der Waals surface area (Å²) in [6, 6.07) is 15.7. The summed E-state index contributed by atoms with van der Waals surface area (Å²) in [6.45, 7) is 6.62. The van der Waals surface area contributed by atoms with Crippen LogP contribution in [0.5, 0.6) is 0 Å². The molecule has 2 nitrogen and oxygen atoms in total. The largest absolute Gasteiger partial charge is 0.307 e. The average molecular weight is 492 g/mol. The van der Waals surface area contributed by atoms with Gasteiger partial charge in [0.25, 0.3) is 0 Å². The molecule has 0 bridgehead atoms. The summed E-state index contributed by atoms with van der Waals surface area (Å²) in [7, 11) is 1.80. The highest BCUT2D eigenvalue weighted by Gasteiger charge is 2.22. The van der Waals surface area contributed by atoms with Crippen molar-refractivity contribution in [3.8, 4) is 0 Å². The number of halogens is 1. The van der Waals surface area contributed by atoms with E-state index in [1.54, 1.807) is 8.93 Å². The second-order valence-corrected chi connectivity index (χ2v) is 9.63. The summed E-state index contributed by atoms with van der Waals surface area (Å²) in [5, 5.41) is 6.47. The van der Waals surface area contributed by atoms with Gasteiger partial charge in [0.2, 0.25) is 0 Å². The zero-order valence-corrected chi connectivity index (χ0v) is 18.8. The first kappa shape index (κ1) is 16.9. The lowest BCUT2D eigenvalue weighted by molar-refractivity contribution is 1.28. The molecule has 0 atom stereocenters. The van der Waals surface area contributed by atoms with E-state index in [9.17, 15) is 0 Å². The van der Waals surface area contributed by atoms with E-state index in [1.165, 1.54) is 65.1 Å². The lowest BCUT2D eigenvalue weighted by Gasteiger charge is -2.15. The maximum Gasteiger partial charge on any atom is 0.0822 e. The summed E-state index contributed by atoms with van der Waals surface area (Å²) in [5.41, 5.74) is 8.91. The van der Waals surface area contributed by atoms with Gasteiger partial charge in [-0.1, -0.05) is 38.8 Å². The van der Waals surface area contributed by atoms with Gasteiger partial charge in [0.1, 0.15) is 0 Å². The second kappa shape index (κ2) is 5.74. The third kappa shape index (κ3) is 1.97. The van der Waals surface area contributed by atoms with Crippen molar-refractivity contribution >= 4 is 79.1 Å². The van der Waals surface area contributed by atoms with Crippen LogP contribution in [-0.4, -0.2) is 9.38 Å². The van der Waals surface area contributed by atoms with Crippen LogP contribution >= 0.6 is 30.1 Å². The van der Waals surface area contributed by atoms with Gasteiger partial charge in [-0.05, 0) is 55.5 Å². The molecule has 0 unspecified atom stereocenters. The molecule has 0 spiro atoms. The lowest BCUT2D eigenvalue weighted by atomic mass is 9.99. The Balaban J connectivity index is 2.15. The summed E-state index contributed by atoms with van der Waals surface area (Å²) in [6.07, 6.45) is 1.95. The molecule has 0 radical (unpaired) electrons. The van der Waals surface area contributed by atoms with Gasteiger partial charge in [-0.2, -0.15) is 0 Å². The van der Waals surface area contributed by atoms with Crippen LogP contribution < -0.4 is 0 Å². The predicted molar refractivity (Wildman–Crippen MR) is 130 cm³/mol. The molecule has 6 aromatic rings. The van der Waals surface area contributed by atoms with Gasteiger partial charge in [-0.25, -0.2) is 0 Å². The van der Waals surface area contributed by atoms with Gasteiger partial charge in [0.15, 0.2) is 0 Å². The van der Waals surface area contributed by atoms with Crippen LogP contribution in [0.25, 0.3) is 49.0 Å². The third-order valence-corrected chi connectivity index (χ3v) is 7.86. The summed E-state index contributed by atoms with van der Waals surface area (Å²) < 4.78 is 2.51. The van der Waals surface area contributed by atoms with E-state index in [-0.39, 0.29) is 0 Å². The molecule has 136 valence electrons. The van der Waals surface area contributed by atoms with Crippen LogP contribution in [0.2, 0.25) is 0 Å². The maximum absolute atomic E-state index is 4.87. The number of hydrogen-bond donors (Lipinski definition) is 0. The van der Waals surface area contributed by atoms with Gasteiger partial charge in [-0.15, -0.1) is 0 Å². The van der Waals surface area contributed by atoms with Crippen molar-refractivity contribution in [3.05, 3.63) is 65.4 Å². The van der Waals surface area contributed by atoms with Crippen molar-refractivity contribution in [2.24, 2.45) is 0 Å². The first-order valence-electron chi connectivity index (χ1n) is 9.36. The fraction of sp³-hybridized carbons (Fsp3) is 0.125. The first-order chi connectivity index (χ1) is 13.6. The molecule has 0 aliphatic heterocycles. The van der Waals surface area contributed by atoms with Crippen LogP contribution in [0.15, 0.2) is 53.6 Å². The molecule has 28 heavy (non-hydrogen) atoms. The highest BCUT2D eigenvalue weighted by atomic mass is 127. The van der Waals surface area contributed by atoms with Crippen LogP contribution in [0.3, 0.4) is 0 Å².